The van der Waals surface area contributed by atoms with Gasteiger partial charge in [-0.05, 0) is 18.1 Å². The number of halogens is 1. The lowest BCUT2D eigenvalue weighted by atomic mass is 10.0. The van der Waals surface area contributed by atoms with Crippen LogP contribution in [-0.2, 0) is 11.2 Å². The van der Waals surface area contributed by atoms with Gasteiger partial charge in [-0.25, -0.2) is 0 Å². The average Bonchev–Trinajstić information content (AvgIpc) is 2.39. The van der Waals surface area contributed by atoms with E-state index in [0.717, 1.165) is 29.0 Å². The number of hydrogen-bond acceptors (Lipinski definition) is 4. The van der Waals surface area contributed by atoms with Crippen LogP contribution in [-0.4, -0.2) is 30.3 Å². The molecule has 1 aliphatic heterocycles. The number of thioether (sulfide) groups is 1. The monoisotopic (exact) mass is 316 g/mol. The molecule has 3 N–H and O–H groups in total. The lowest BCUT2D eigenvalue weighted by molar-refractivity contribution is 0.0471. The molecular weight excluding hydrogens is 300 g/mol. The standard InChI is InChI=1S/C12H17BrN2OS/c13-10-4-2-1-3-9(10)7-11(15-14)12-8-17-6-5-16-12/h1-4,11-12,15H,5-8,14H2. The zero-order valence-electron chi connectivity index (χ0n) is 9.56. The van der Waals surface area contributed by atoms with E-state index >= 15 is 0 Å². The van der Waals surface area contributed by atoms with E-state index in [1.54, 1.807) is 0 Å². The first-order valence-corrected chi connectivity index (χ1v) is 7.65. The number of benzene rings is 1. The van der Waals surface area contributed by atoms with Gasteiger partial charge in [0.15, 0.2) is 0 Å². The van der Waals surface area contributed by atoms with Crippen molar-refractivity contribution < 1.29 is 4.74 Å². The van der Waals surface area contributed by atoms with Crippen LogP contribution in [0.4, 0.5) is 0 Å². The zero-order valence-corrected chi connectivity index (χ0v) is 12.0. The van der Waals surface area contributed by atoms with Gasteiger partial charge in [0.05, 0.1) is 18.8 Å². The first-order valence-electron chi connectivity index (χ1n) is 5.70. The van der Waals surface area contributed by atoms with E-state index in [9.17, 15) is 0 Å². The van der Waals surface area contributed by atoms with Crippen LogP contribution >= 0.6 is 27.7 Å². The van der Waals surface area contributed by atoms with Crippen LogP contribution in [0.2, 0.25) is 0 Å². The number of hydrazine groups is 1. The molecule has 1 aromatic rings. The maximum Gasteiger partial charge on any atom is 0.0835 e. The topological polar surface area (TPSA) is 47.3 Å². The lowest BCUT2D eigenvalue weighted by Gasteiger charge is -2.30. The van der Waals surface area contributed by atoms with Crippen LogP contribution in [0.25, 0.3) is 0 Å². The minimum atomic E-state index is 0.168. The summed E-state index contributed by atoms with van der Waals surface area (Å²) in [6.45, 7) is 0.823. The highest BCUT2D eigenvalue weighted by Gasteiger charge is 2.24. The summed E-state index contributed by atoms with van der Waals surface area (Å²) >= 11 is 5.49. The smallest absolute Gasteiger partial charge is 0.0835 e. The van der Waals surface area contributed by atoms with Crippen LogP contribution in [0.15, 0.2) is 28.7 Å². The average molecular weight is 317 g/mol. The van der Waals surface area contributed by atoms with Crippen molar-refractivity contribution in [3.63, 3.8) is 0 Å². The van der Waals surface area contributed by atoms with Crippen molar-refractivity contribution in [1.29, 1.82) is 0 Å². The zero-order chi connectivity index (χ0) is 12.1. The molecule has 5 heteroatoms. The summed E-state index contributed by atoms with van der Waals surface area (Å²) in [5.74, 6) is 7.75. The number of nitrogens with two attached hydrogens (primary N) is 1. The third kappa shape index (κ3) is 3.69. The fraction of sp³-hybridized carbons (Fsp3) is 0.500. The third-order valence-corrected chi connectivity index (χ3v) is 4.70. The van der Waals surface area contributed by atoms with Gasteiger partial charge in [0.2, 0.25) is 0 Å². The van der Waals surface area contributed by atoms with Crippen molar-refractivity contribution in [3.8, 4) is 0 Å². The van der Waals surface area contributed by atoms with Gasteiger partial charge in [-0.3, -0.25) is 11.3 Å². The van der Waals surface area contributed by atoms with Crippen molar-refractivity contribution in [2.75, 3.05) is 18.1 Å². The predicted molar refractivity (Wildman–Crippen MR) is 76.0 cm³/mol. The molecule has 94 valence electrons. The molecule has 2 rings (SSSR count). The molecule has 2 unspecified atom stereocenters. The number of rotatable bonds is 4. The van der Waals surface area contributed by atoms with Crippen LogP contribution in [0.3, 0.4) is 0 Å². The molecule has 3 nitrogen and oxygen atoms in total. The molecule has 0 spiro atoms. The highest BCUT2D eigenvalue weighted by atomic mass is 79.9. The Labute approximate surface area is 115 Å². The van der Waals surface area contributed by atoms with Crippen molar-refractivity contribution in [1.82, 2.24) is 5.43 Å². The normalized spacial score (nSPS) is 22.4. The summed E-state index contributed by atoms with van der Waals surface area (Å²) in [6, 6.07) is 8.40. The molecule has 2 atom stereocenters. The maximum absolute atomic E-state index is 5.76. The molecule has 1 heterocycles. The van der Waals surface area contributed by atoms with Crippen molar-refractivity contribution >= 4 is 27.7 Å². The molecule has 1 fully saturated rings. The summed E-state index contributed by atoms with van der Waals surface area (Å²) in [6.07, 6.45) is 1.08. The third-order valence-electron chi connectivity index (χ3n) is 2.90. The predicted octanol–water partition coefficient (Wildman–Crippen LogP) is 1.96. The Balaban J connectivity index is 2.01. The van der Waals surface area contributed by atoms with E-state index < -0.39 is 0 Å². The number of nitrogens with one attached hydrogen (secondary N) is 1. The van der Waals surface area contributed by atoms with E-state index in [1.165, 1.54) is 5.56 Å². The fourth-order valence-corrected chi connectivity index (χ4v) is 3.33. The summed E-state index contributed by atoms with van der Waals surface area (Å²) in [5, 5.41) is 0. The van der Waals surface area contributed by atoms with Crippen LogP contribution in [0.1, 0.15) is 5.56 Å². The second-order valence-electron chi connectivity index (χ2n) is 4.05. The van der Waals surface area contributed by atoms with Crippen molar-refractivity contribution in [2.24, 2.45) is 5.84 Å². The first kappa shape index (κ1) is 13.4. The van der Waals surface area contributed by atoms with E-state index in [0.29, 0.717) is 0 Å². The Bertz CT molecular complexity index is 358. The minimum absolute atomic E-state index is 0.168. The maximum atomic E-state index is 5.76. The SMILES string of the molecule is NNC(Cc1ccccc1Br)C1CSCCO1. The Hall–Kier alpha value is -0.0700. The molecular formula is C12H17BrN2OS. The molecule has 0 aromatic heterocycles. The highest BCUT2D eigenvalue weighted by Crippen LogP contribution is 2.21. The molecule has 17 heavy (non-hydrogen) atoms. The number of hydrogen-bond donors (Lipinski definition) is 2. The second kappa shape index (κ2) is 6.75. The Morgan fingerprint density at radius 2 is 2.35 bits per heavy atom. The van der Waals surface area contributed by atoms with Crippen molar-refractivity contribution in [3.05, 3.63) is 34.3 Å². The van der Waals surface area contributed by atoms with E-state index in [1.807, 2.05) is 23.9 Å². The van der Waals surface area contributed by atoms with Gasteiger partial charge in [0, 0.05) is 16.0 Å². The number of ether oxygens (including phenoxy) is 1. The van der Waals surface area contributed by atoms with Crippen LogP contribution in [0, 0.1) is 0 Å². The van der Waals surface area contributed by atoms with Gasteiger partial charge < -0.3 is 4.74 Å². The van der Waals surface area contributed by atoms with Gasteiger partial charge >= 0.3 is 0 Å². The van der Waals surface area contributed by atoms with Gasteiger partial charge in [0.25, 0.3) is 0 Å². The van der Waals surface area contributed by atoms with E-state index in [4.69, 9.17) is 10.6 Å². The van der Waals surface area contributed by atoms with Gasteiger partial charge in [0.1, 0.15) is 0 Å². The summed E-state index contributed by atoms with van der Waals surface area (Å²) in [4.78, 5) is 0. The molecule has 0 bridgehead atoms. The van der Waals surface area contributed by atoms with Gasteiger partial charge in [-0.1, -0.05) is 34.1 Å². The van der Waals surface area contributed by atoms with Crippen molar-refractivity contribution in [2.45, 2.75) is 18.6 Å². The van der Waals surface area contributed by atoms with Crippen LogP contribution in [0.5, 0.6) is 0 Å². The summed E-state index contributed by atoms with van der Waals surface area (Å²) in [7, 11) is 0. The molecule has 1 aliphatic rings. The summed E-state index contributed by atoms with van der Waals surface area (Å²) < 4.78 is 6.89. The minimum Gasteiger partial charge on any atom is -0.375 e. The van der Waals surface area contributed by atoms with Crippen LogP contribution < -0.4 is 11.3 Å². The largest absolute Gasteiger partial charge is 0.375 e. The first-order chi connectivity index (χ1) is 8.31. The molecule has 0 radical (unpaired) electrons. The van der Waals surface area contributed by atoms with Gasteiger partial charge in [-0.2, -0.15) is 11.8 Å². The quantitative estimate of drug-likeness (QED) is 0.658. The highest BCUT2D eigenvalue weighted by molar-refractivity contribution is 9.10. The van der Waals surface area contributed by atoms with Gasteiger partial charge in [-0.15, -0.1) is 0 Å². The molecule has 0 amide bonds. The molecule has 1 aromatic carbocycles. The lowest BCUT2D eigenvalue weighted by Crippen LogP contribution is -2.49. The Morgan fingerprint density at radius 3 is 3.00 bits per heavy atom. The fourth-order valence-electron chi connectivity index (χ4n) is 1.94. The Kier molecular flexibility index (Phi) is 5.31. The second-order valence-corrected chi connectivity index (χ2v) is 6.06. The Morgan fingerprint density at radius 1 is 1.53 bits per heavy atom. The van der Waals surface area contributed by atoms with E-state index in [2.05, 4.69) is 33.5 Å². The summed E-state index contributed by atoms with van der Waals surface area (Å²) in [5.41, 5.74) is 4.15. The molecule has 0 saturated carbocycles. The van der Waals surface area contributed by atoms with E-state index in [-0.39, 0.29) is 12.1 Å². The molecule has 1 saturated heterocycles. The molecule has 0 aliphatic carbocycles.